The predicted molar refractivity (Wildman–Crippen MR) is 117 cm³/mol. The average Bonchev–Trinajstić information content (AvgIpc) is 3.10. The smallest absolute Gasteiger partial charge is 0.352 e. The van der Waals surface area contributed by atoms with Crippen LogP contribution >= 0.6 is 11.6 Å². The largest absolute Gasteiger partial charge is 0.474 e. The molecule has 0 amide bonds. The highest BCUT2D eigenvalue weighted by atomic mass is 35.5. The highest BCUT2D eigenvalue weighted by Crippen LogP contribution is 2.37. The molecule has 0 fully saturated rings. The maximum atomic E-state index is 14.1. The van der Waals surface area contributed by atoms with Crippen LogP contribution in [0.25, 0.3) is 6.08 Å². The van der Waals surface area contributed by atoms with Gasteiger partial charge < -0.3 is 14.2 Å². The summed E-state index contributed by atoms with van der Waals surface area (Å²) in [7, 11) is 0. The zero-order chi connectivity index (χ0) is 22.7. The van der Waals surface area contributed by atoms with E-state index in [0.29, 0.717) is 16.9 Å². The second-order valence-electron chi connectivity index (χ2n) is 6.89. The predicted octanol–water partition coefficient (Wildman–Crippen LogP) is 5.78. The van der Waals surface area contributed by atoms with Gasteiger partial charge in [0.1, 0.15) is 17.3 Å². The van der Waals surface area contributed by atoms with Crippen molar-refractivity contribution in [2.45, 2.75) is 13.0 Å². The number of hydrogen-bond acceptors (Lipinski definition) is 5. The molecule has 0 spiro atoms. The molecular formula is C25H18ClFO5. The first-order valence-corrected chi connectivity index (χ1v) is 10.3. The van der Waals surface area contributed by atoms with E-state index >= 15 is 0 Å². The maximum absolute atomic E-state index is 14.1. The third-order valence-corrected chi connectivity index (χ3v) is 5.10. The van der Waals surface area contributed by atoms with Gasteiger partial charge in [-0.15, -0.1) is 0 Å². The molecule has 1 aliphatic heterocycles. The Hall–Kier alpha value is -3.64. The van der Waals surface area contributed by atoms with Crippen LogP contribution in [0, 0.1) is 5.82 Å². The number of allylic oxidation sites excluding steroid dienone is 1. The van der Waals surface area contributed by atoms with Crippen LogP contribution < -0.4 is 9.47 Å². The van der Waals surface area contributed by atoms with Crippen molar-refractivity contribution in [2.75, 3.05) is 6.61 Å². The molecule has 0 radical (unpaired) electrons. The summed E-state index contributed by atoms with van der Waals surface area (Å²) in [5, 5.41) is 0.161. The number of fused-ring (bicyclic) bond motifs is 1. The minimum absolute atomic E-state index is 0.0610. The third-order valence-electron chi connectivity index (χ3n) is 4.77. The van der Waals surface area contributed by atoms with E-state index < -0.39 is 23.7 Å². The SMILES string of the molecule is CCOC(=O)[C@@H](Oc1ccc2c(c1)OC(=Cc1c(F)cccc1Cl)C2=O)c1ccccc1. The molecule has 32 heavy (non-hydrogen) atoms. The zero-order valence-electron chi connectivity index (χ0n) is 17.0. The number of halogens is 2. The molecule has 0 aromatic heterocycles. The maximum Gasteiger partial charge on any atom is 0.352 e. The van der Waals surface area contributed by atoms with Crippen molar-refractivity contribution in [3.63, 3.8) is 0 Å². The number of rotatable bonds is 6. The van der Waals surface area contributed by atoms with E-state index in [2.05, 4.69) is 0 Å². The van der Waals surface area contributed by atoms with Crippen LogP contribution in [0.4, 0.5) is 4.39 Å². The van der Waals surface area contributed by atoms with Gasteiger partial charge in [-0.2, -0.15) is 0 Å². The van der Waals surface area contributed by atoms with E-state index in [1.54, 1.807) is 37.3 Å². The molecule has 0 saturated carbocycles. The molecule has 0 N–H and O–H groups in total. The summed E-state index contributed by atoms with van der Waals surface area (Å²) in [4.78, 5) is 25.2. The number of benzene rings is 3. The fraction of sp³-hybridized carbons (Fsp3) is 0.120. The summed E-state index contributed by atoms with van der Waals surface area (Å²) in [6.45, 7) is 1.92. The van der Waals surface area contributed by atoms with Crippen molar-refractivity contribution >= 4 is 29.4 Å². The van der Waals surface area contributed by atoms with Crippen molar-refractivity contribution in [3.05, 3.63) is 100 Å². The Morgan fingerprint density at radius 1 is 1.12 bits per heavy atom. The number of hydrogen-bond donors (Lipinski definition) is 0. The fourth-order valence-electron chi connectivity index (χ4n) is 3.25. The van der Waals surface area contributed by atoms with Gasteiger partial charge >= 0.3 is 5.97 Å². The summed E-state index contributed by atoms with van der Waals surface area (Å²) in [6, 6.07) is 17.8. The van der Waals surface area contributed by atoms with Crippen LogP contribution in [-0.2, 0) is 9.53 Å². The molecule has 162 valence electrons. The van der Waals surface area contributed by atoms with Crippen molar-refractivity contribution in [1.29, 1.82) is 0 Å². The van der Waals surface area contributed by atoms with Crippen molar-refractivity contribution in [3.8, 4) is 11.5 Å². The number of carbonyl (C=O) groups is 2. The summed E-state index contributed by atoms with van der Waals surface area (Å²) < 4.78 is 30.8. The molecule has 7 heteroatoms. The Bertz CT molecular complexity index is 1190. The standard InChI is InChI=1S/C25H18ClFO5/c1-2-30-25(29)24(15-7-4-3-5-8-15)31-16-11-12-17-21(13-16)32-22(23(17)28)14-18-19(26)9-6-10-20(18)27/h3-14,24H,2H2,1H3/t24-/m0/s1. The van der Waals surface area contributed by atoms with E-state index in [9.17, 15) is 14.0 Å². The first kappa shape index (κ1) is 21.6. The monoisotopic (exact) mass is 452 g/mol. The number of Topliss-reactive ketones (excluding diaryl/α,β-unsaturated/α-hetero) is 1. The normalized spacial score (nSPS) is 14.6. The van der Waals surface area contributed by atoms with Crippen LogP contribution in [0.15, 0.2) is 72.5 Å². The van der Waals surface area contributed by atoms with Crippen molar-refractivity contribution < 1.29 is 28.2 Å². The molecule has 0 saturated heterocycles. The van der Waals surface area contributed by atoms with Crippen LogP contribution in [-0.4, -0.2) is 18.4 Å². The highest BCUT2D eigenvalue weighted by molar-refractivity contribution is 6.32. The van der Waals surface area contributed by atoms with Gasteiger partial charge in [0.2, 0.25) is 11.9 Å². The van der Waals surface area contributed by atoms with Gasteiger partial charge in [0.25, 0.3) is 0 Å². The van der Waals surface area contributed by atoms with Gasteiger partial charge in [0.15, 0.2) is 5.76 Å². The summed E-state index contributed by atoms with van der Waals surface area (Å²) in [5.74, 6) is -1.02. The van der Waals surface area contributed by atoms with E-state index in [1.165, 1.54) is 36.4 Å². The molecule has 5 nitrogen and oxygen atoms in total. The van der Waals surface area contributed by atoms with E-state index in [4.69, 9.17) is 25.8 Å². The Kier molecular flexibility index (Phi) is 6.23. The average molecular weight is 453 g/mol. The number of ketones is 1. The Balaban J connectivity index is 1.62. The second kappa shape index (κ2) is 9.24. The Morgan fingerprint density at radius 2 is 1.91 bits per heavy atom. The molecule has 0 unspecified atom stereocenters. The second-order valence-corrected chi connectivity index (χ2v) is 7.30. The quantitative estimate of drug-likeness (QED) is 0.350. The molecule has 3 aromatic carbocycles. The summed E-state index contributed by atoms with van der Waals surface area (Å²) in [6.07, 6.45) is 0.282. The molecule has 1 aliphatic rings. The molecule has 0 bridgehead atoms. The van der Waals surface area contributed by atoms with E-state index in [-0.39, 0.29) is 28.7 Å². The molecule has 1 atom stereocenters. The van der Waals surface area contributed by atoms with Crippen molar-refractivity contribution in [2.24, 2.45) is 0 Å². The van der Waals surface area contributed by atoms with Crippen molar-refractivity contribution in [1.82, 2.24) is 0 Å². The van der Waals surface area contributed by atoms with Gasteiger partial charge in [0, 0.05) is 17.2 Å². The molecule has 0 aliphatic carbocycles. The Labute approximate surface area is 189 Å². The number of carbonyl (C=O) groups excluding carboxylic acids is 2. The van der Waals surface area contributed by atoms with Crippen LogP contribution in [0.1, 0.15) is 34.5 Å². The summed E-state index contributed by atoms with van der Waals surface area (Å²) >= 11 is 6.05. The molecule has 1 heterocycles. The minimum atomic E-state index is -0.987. The lowest BCUT2D eigenvalue weighted by molar-refractivity contribution is -0.151. The lowest BCUT2D eigenvalue weighted by Crippen LogP contribution is -2.21. The van der Waals surface area contributed by atoms with Crippen LogP contribution in [0.3, 0.4) is 0 Å². The minimum Gasteiger partial charge on any atom is -0.474 e. The zero-order valence-corrected chi connectivity index (χ0v) is 17.8. The fourth-order valence-corrected chi connectivity index (χ4v) is 3.47. The molecule has 3 aromatic rings. The van der Waals surface area contributed by atoms with Gasteiger partial charge in [-0.25, -0.2) is 9.18 Å². The first-order valence-electron chi connectivity index (χ1n) is 9.88. The lowest BCUT2D eigenvalue weighted by atomic mass is 10.1. The first-order chi connectivity index (χ1) is 15.5. The van der Waals surface area contributed by atoms with Crippen LogP contribution in [0.2, 0.25) is 5.02 Å². The van der Waals surface area contributed by atoms with E-state index in [0.717, 1.165) is 0 Å². The van der Waals surface area contributed by atoms with E-state index in [1.807, 2.05) is 6.07 Å². The van der Waals surface area contributed by atoms with Gasteiger partial charge in [-0.1, -0.05) is 48.0 Å². The summed E-state index contributed by atoms with van der Waals surface area (Å²) in [5.41, 5.74) is 0.981. The third kappa shape index (κ3) is 4.36. The number of ether oxygens (including phenoxy) is 3. The number of esters is 1. The molecular weight excluding hydrogens is 435 g/mol. The topological polar surface area (TPSA) is 61.8 Å². The van der Waals surface area contributed by atoms with Gasteiger partial charge in [-0.3, -0.25) is 4.79 Å². The van der Waals surface area contributed by atoms with Gasteiger partial charge in [0.05, 0.1) is 17.2 Å². The highest BCUT2D eigenvalue weighted by Gasteiger charge is 2.30. The lowest BCUT2D eigenvalue weighted by Gasteiger charge is -2.18. The van der Waals surface area contributed by atoms with Crippen LogP contribution in [0.5, 0.6) is 11.5 Å². The molecule has 4 rings (SSSR count). The van der Waals surface area contributed by atoms with Gasteiger partial charge in [-0.05, 0) is 37.3 Å². The Morgan fingerprint density at radius 3 is 2.62 bits per heavy atom.